The van der Waals surface area contributed by atoms with Crippen molar-refractivity contribution in [2.24, 2.45) is 0 Å². The highest BCUT2D eigenvalue weighted by Gasteiger charge is 2.21. The Hall–Kier alpha value is -2.06. The van der Waals surface area contributed by atoms with Gasteiger partial charge in [0.05, 0.1) is 6.61 Å². The monoisotopic (exact) mass is 282 g/mol. The molecule has 0 saturated heterocycles. The molecule has 0 aromatic heterocycles. The van der Waals surface area contributed by atoms with Crippen molar-refractivity contribution in [2.75, 3.05) is 0 Å². The number of rotatable bonds is 6. The molecular formula is C19H22O2. The van der Waals surface area contributed by atoms with Crippen molar-refractivity contribution in [3.8, 4) is 5.75 Å². The Labute approximate surface area is 127 Å². The third-order valence-corrected chi connectivity index (χ3v) is 3.33. The molecule has 2 aromatic carbocycles. The van der Waals surface area contributed by atoms with Gasteiger partial charge in [0, 0.05) is 13.8 Å². The predicted octanol–water partition coefficient (Wildman–Crippen LogP) is 4.97. The molecule has 110 valence electrons. The maximum Gasteiger partial charge on any atom is 0.205 e. The van der Waals surface area contributed by atoms with Gasteiger partial charge in [0.1, 0.15) is 5.75 Å². The van der Waals surface area contributed by atoms with Crippen LogP contribution in [0.15, 0.2) is 55.1 Å². The van der Waals surface area contributed by atoms with E-state index in [2.05, 4.69) is 6.58 Å². The van der Waals surface area contributed by atoms with Crippen molar-refractivity contribution >= 4 is 6.08 Å². The topological polar surface area (TPSA) is 18.5 Å². The summed E-state index contributed by atoms with van der Waals surface area (Å²) in [5.74, 6) is 0.130. The molecule has 0 aliphatic heterocycles. The van der Waals surface area contributed by atoms with Crippen LogP contribution in [0.2, 0.25) is 0 Å². The zero-order chi connectivity index (χ0) is 15.3. The van der Waals surface area contributed by atoms with E-state index in [1.807, 2.05) is 75.4 Å². The van der Waals surface area contributed by atoms with Gasteiger partial charge in [-0.2, -0.15) is 0 Å². The summed E-state index contributed by atoms with van der Waals surface area (Å²) in [7, 11) is 0. The lowest BCUT2D eigenvalue weighted by Crippen LogP contribution is -2.32. The van der Waals surface area contributed by atoms with Gasteiger partial charge in [0.2, 0.25) is 5.79 Å². The SMILES string of the molecule is C=Cc1cccc(OC(C)(C)OCc2ccccc2)c1C. The summed E-state index contributed by atoms with van der Waals surface area (Å²) in [4.78, 5) is 0. The molecule has 0 unspecified atom stereocenters. The first-order chi connectivity index (χ1) is 10.0. The number of benzene rings is 2. The highest BCUT2D eigenvalue weighted by atomic mass is 16.7. The van der Waals surface area contributed by atoms with E-state index in [0.29, 0.717) is 6.61 Å². The van der Waals surface area contributed by atoms with Gasteiger partial charge in [-0.25, -0.2) is 0 Å². The minimum absolute atomic E-state index is 0.522. The molecule has 0 N–H and O–H groups in total. The molecule has 21 heavy (non-hydrogen) atoms. The summed E-state index contributed by atoms with van der Waals surface area (Å²) in [6.07, 6.45) is 1.83. The second-order valence-corrected chi connectivity index (χ2v) is 5.45. The molecule has 0 aliphatic carbocycles. The van der Waals surface area contributed by atoms with E-state index in [1.165, 1.54) is 0 Å². The Kier molecular flexibility index (Phi) is 4.81. The molecule has 2 rings (SSSR count). The van der Waals surface area contributed by atoms with E-state index in [-0.39, 0.29) is 0 Å². The minimum Gasteiger partial charge on any atom is -0.463 e. The first-order valence-corrected chi connectivity index (χ1v) is 7.11. The van der Waals surface area contributed by atoms with E-state index in [9.17, 15) is 0 Å². The van der Waals surface area contributed by atoms with Crippen LogP contribution in [0.1, 0.15) is 30.5 Å². The normalized spacial score (nSPS) is 11.2. The molecule has 0 spiro atoms. The third kappa shape index (κ3) is 4.20. The second kappa shape index (κ2) is 6.59. The fraction of sp³-hybridized carbons (Fsp3) is 0.263. The third-order valence-electron chi connectivity index (χ3n) is 3.33. The predicted molar refractivity (Wildman–Crippen MR) is 87.2 cm³/mol. The molecule has 0 heterocycles. The average Bonchev–Trinajstić information content (AvgIpc) is 2.48. The zero-order valence-electron chi connectivity index (χ0n) is 12.9. The van der Waals surface area contributed by atoms with Gasteiger partial charge in [-0.3, -0.25) is 0 Å². The van der Waals surface area contributed by atoms with Gasteiger partial charge >= 0.3 is 0 Å². The Morgan fingerprint density at radius 2 is 1.76 bits per heavy atom. The van der Waals surface area contributed by atoms with Gasteiger partial charge in [-0.1, -0.05) is 55.1 Å². The van der Waals surface area contributed by atoms with Crippen LogP contribution < -0.4 is 4.74 Å². The zero-order valence-corrected chi connectivity index (χ0v) is 12.9. The standard InChI is InChI=1S/C19H22O2/c1-5-17-12-9-13-18(15(17)2)21-19(3,4)20-14-16-10-7-6-8-11-16/h5-13H,1,14H2,2-4H3. The Bertz CT molecular complexity index is 600. The summed E-state index contributed by atoms with van der Waals surface area (Å²) >= 11 is 0. The van der Waals surface area contributed by atoms with Crippen LogP contribution >= 0.6 is 0 Å². The van der Waals surface area contributed by atoms with Crippen LogP contribution in [-0.2, 0) is 11.3 Å². The largest absolute Gasteiger partial charge is 0.463 e. The summed E-state index contributed by atoms with van der Waals surface area (Å²) < 4.78 is 11.9. The van der Waals surface area contributed by atoms with Gasteiger partial charge in [-0.05, 0) is 29.7 Å². The van der Waals surface area contributed by atoms with Crippen molar-refractivity contribution in [3.63, 3.8) is 0 Å². The quantitative estimate of drug-likeness (QED) is 0.696. The molecule has 2 heteroatoms. The molecule has 0 bridgehead atoms. The van der Waals surface area contributed by atoms with Gasteiger partial charge in [0.15, 0.2) is 0 Å². The summed E-state index contributed by atoms with van der Waals surface area (Å²) in [6.45, 7) is 10.2. The molecule has 0 radical (unpaired) electrons. The fourth-order valence-electron chi connectivity index (χ4n) is 2.09. The maximum absolute atomic E-state index is 6.03. The Morgan fingerprint density at radius 1 is 1.05 bits per heavy atom. The van der Waals surface area contributed by atoms with Crippen molar-refractivity contribution in [1.82, 2.24) is 0 Å². The molecule has 0 saturated carbocycles. The van der Waals surface area contributed by atoms with Gasteiger partial charge < -0.3 is 9.47 Å². The van der Waals surface area contributed by atoms with E-state index < -0.39 is 5.79 Å². The van der Waals surface area contributed by atoms with E-state index >= 15 is 0 Å². The highest BCUT2D eigenvalue weighted by Crippen LogP contribution is 2.27. The minimum atomic E-state index is -0.694. The van der Waals surface area contributed by atoms with Crippen LogP contribution in [0.25, 0.3) is 6.08 Å². The fourth-order valence-corrected chi connectivity index (χ4v) is 2.09. The number of hydrogen-bond acceptors (Lipinski definition) is 2. The van der Waals surface area contributed by atoms with Crippen LogP contribution in [-0.4, -0.2) is 5.79 Å². The van der Waals surface area contributed by atoms with Crippen LogP contribution in [0, 0.1) is 6.92 Å². The Balaban J connectivity index is 2.05. The summed E-state index contributed by atoms with van der Waals surface area (Å²) in [5, 5.41) is 0. The van der Waals surface area contributed by atoms with Crippen LogP contribution in [0.5, 0.6) is 5.75 Å². The number of hydrogen-bond donors (Lipinski definition) is 0. The summed E-state index contributed by atoms with van der Waals surface area (Å²) in [5.41, 5.74) is 3.28. The summed E-state index contributed by atoms with van der Waals surface area (Å²) in [6, 6.07) is 16.0. The lowest BCUT2D eigenvalue weighted by Gasteiger charge is -2.28. The molecule has 2 nitrogen and oxygen atoms in total. The molecule has 0 aliphatic rings. The van der Waals surface area contributed by atoms with Gasteiger partial charge in [0.25, 0.3) is 0 Å². The second-order valence-electron chi connectivity index (χ2n) is 5.45. The number of ether oxygens (including phenoxy) is 2. The van der Waals surface area contributed by atoms with Crippen LogP contribution in [0.4, 0.5) is 0 Å². The Morgan fingerprint density at radius 3 is 2.43 bits per heavy atom. The van der Waals surface area contributed by atoms with E-state index in [0.717, 1.165) is 22.4 Å². The molecule has 0 atom stereocenters. The van der Waals surface area contributed by atoms with Crippen molar-refractivity contribution in [3.05, 3.63) is 71.8 Å². The molecule has 2 aromatic rings. The lowest BCUT2D eigenvalue weighted by molar-refractivity contribution is -0.164. The van der Waals surface area contributed by atoms with E-state index in [1.54, 1.807) is 0 Å². The van der Waals surface area contributed by atoms with Gasteiger partial charge in [-0.15, -0.1) is 0 Å². The first kappa shape index (κ1) is 15.3. The smallest absolute Gasteiger partial charge is 0.205 e. The van der Waals surface area contributed by atoms with Crippen LogP contribution in [0.3, 0.4) is 0 Å². The molecule has 0 fully saturated rings. The lowest BCUT2D eigenvalue weighted by atomic mass is 10.1. The molecule has 0 amide bonds. The maximum atomic E-state index is 6.03. The van der Waals surface area contributed by atoms with E-state index in [4.69, 9.17) is 9.47 Å². The molecular weight excluding hydrogens is 260 g/mol. The average molecular weight is 282 g/mol. The first-order valence-electron chi connectivity index (χ1n) is 7.11. The van der Waals surface area contributed by atoms with Crippen molar-refractivity contribution in [2.45, 2.75) is 33.2 Å². The highest BCUT2D eigenvalue weighted by molar-refractivity contribution is 5.55. The van der Waals surface area contributed by atoms with Crippen molar-refractivity contribution < 1.29 is 9.47 Å². The van der Waals surface area contributed by atoms with Crippen molar-refractivity contribution in [1.29, 1.82) is 0 Å².